The number of phenols is 1. The van der Waals surface area contributed by atoms with Crippen molar-refractivity contribution in [1.29, 1.82) is 0 Å². The predicted molar refractivity (Wildman–Crippen MR) is 74.8 cm³/mol. The summed E-state index contributed by atoms with van der Waals surface area (Å²) in [5.41, 5.74) is 2.80. The minimum atomic E-state index is -0.633. The van der Waals surface area contributed by atoms with E-state index >= 15 is 0 Å². The third-order valence-corrected chi connectivity index (χ3v) is 3.20. The van der Waals surface area contributed by atoms with Gasteiger partial charge in [-0.05, 0) is 26.0 Å². The minimum Gasteiger partial charge on any atom is -0.507 e. The van der Waals surface area contributed by atoms with Crippen LogP contribution in [-0.4, -0.2) is 29.9 Å². The van der Waals surface area contributed by atoms with Crippen LogP contribution in [0.25, 0.3) is 5.69 Å². The van der Waals surface area contributed by atoms with Gasteiger partial charge in [0, 0.05) is 23.5 Å². The van der Waals surface area contributed by atoms with Crippen LogP contribution in [0.2, 0.25) is 0 Å². The van der Waals surface area contributed by atoms with Gasteiger partial charge in [-0.25, -0.2) is 4.79 Å². The van der Waals surface area contributed by atoms with E-state index in [1.807, 2.05) is 30.5 Å². The van der Waals surface area contributed by atoms with Crippen LogP contribution >= 0.6 is 0 Å². The molecule has 0 bridgehead atoms. The number of aromatic hydroxyl groups is 1. The van der Waals surface area contributed by atoms with E-state index in [2.05, 4.69) is 4.74 Å². The van der Waals surface area contributed by atoms with Gasteiger partial charge >= 0.3 is 5.97 Å². The Morgan fingerprint density at radius 2 is 1.75 bits per heavy atom. The molecular weight excluding hydrogens is 258 g/mol. The number of phenolic OH excluding ortho intramolecular Hbond substituents is 1. The number of hydrogen-bond donors (Lipinski definition) is 1. The molecule has 1 N–H and O–H groups in total. The first kappa shape index (κ1) is 14.0. The Morgan fingerprint density at radius 1 is 1.15 bits per heavy atom. The largest absolute Gasteiger partial charge is 0.507 e. The van der Waals surface area contributed by atoms with Crippen molar-refractivity contribution < 1.29 is 19.4 Å². The number of aryl methyl sites for hydroxylation is 2. The van der Waals surface area contributed by atoms with Gasteiger partial charge in [-0.2, -0.15) is 0 Å². The van der Waals surface area contributed by atoms with Gasteiger partial charge in [-0.3, -0.25) is 0 Å². The first-order chi connectivity index (χ1) is 9.49. The minimum absolute atomic E-state index is 0.0289. The van der Waals surface area contributed by atoms with E-state index in [0.29, 0.717) is 0 Å². The van der Waals surface area contributed by atoms with Gasteiger partial charge in [0.05, 0.1) is 19.9 Å². The molecule has 106 valence electrons. The number of nitrogens with zero attached hydrogens (tertiary/aromatic N) is 1. The summed E-state index contributed by atoms with van der Waals surface area (Å²) in [7, 11) is 2.70. The lowest BCUT2D eigenvalue weighted by molar-refractivity contribution is 0.0593. The van der Waals surface area contributed by atoms with Crippen molar-refractivity contribution in [3.63, 3.8) is 0 Å². The molecule has 5 nitrogen and oxygen atoms in total. The zero-order chi connectivity index (χ0) is 14.9. The van der Waals surface area contributed by atoms with Crippen LogP contribution in [0.15, 0.2) is 24.3 Å². The van der Waals surface area contributed by atoms with Crippen molar-refractivity contribution in [2.24, 2.45) is 0 Å². The molecule has 1 aromatic heterocycles. The molecule has 0 atom stereocenters. The standard InChI is InChI=1S/C15H17NO4/c1-9-5-6-10(2)16(9)11-7-12(17)14(15(18)20-4)13(8-11)19-3/h5-8,17H,1-4H3. The van der Waals surface area contributed by atoms with Crippen LogP contribution in [-0.2, 0) is 4.74 Å². The lowest BCUT2D eigenvalue weighted by atomic mass is 10.1. The second kappa shape index (κ2) is 5.28. The molecule has 0 aliphatic heterocycles. The monoisotopic (exact) mass is 275 g/mol. The highest BCUT2D eigenvalue weighted by Crippen LogP contribution is 2.33. The smallest absolute Gasteiger partial charge is 0.345 e. The molecule has 20 heavy (non-hydrogen) atoms. The van der Waals surface area contributed by atoms with Crippen LogP contribution < -0.4 is 4.74 Å². The third-order valence-electron chi connectivity index (χ3n) is 3.20. The molecule has 0 aliphatic rings. The normalized spacial score (nSPS) is 10.4. The molecule has 1 heterocycles. The van der Waals surface area contributed by atoms with Crippen LogP contribution in [0.4, 0.5) is 0 Å². The summed E-state index contributed by atoms with van der Waals surface area (Å²) in [5.74, 6) is -0.523. The fourth-order valence-corrected chi connectivity index (χ4v) is 2.26. The fraction of sp³-hybridized carbons (Fsp3) is 0.267. The predicted octanol–water partition coefficient (Wildman–Crippen LogP) is 2.59. The molecule has 0 aliphatic carbocycles. The molecular formula is C15H17NO4. The Labute approximate surface area is 117 Å². The lowest BCUT2D eigenvalue weighted by Gasteiger charge is -2.14. The van der Waals surface area contributed by atoms with Crippen LogP contribution in [0.1, 0.15) is 21.7 Å². The van der Waals surface area contributed by atoms with E-state index in [1.165, 1.54) is 20.3 Å². The zero-order valence-electron chi connectivity index (χ0n) is 11.9. The van der Waals surface area contributed by atoms with E-state index in [-0.39, 0.29) is 17.1 Å². The molecule has 0 radical (unpaired) electrons. The van der Waals surface area contributed by atoms with E-state index in [1.54, 1.807) is 6.07 Å². The van der Waals surface area contributed by atoms with Crippen molar-refractivity contribution in [2.45, 2.75) is 13.8 Å². The number of aromatic nitrogens is 1. The zero-order valence-corrected chi connectivity index (χ0v) is 11.9. The highest BCUT2D eigenvalue weighted by atomic mass is 16.5. The summed E-state index contributed by atoms with van der Waals surface area (Å²) in [5, 5.41) is 10.1. The van der Waals surface area contributed by atoms with E-state index in [4.69, 9.17) is 4.74 Å². The Balaban J connectivity index is 2.65. The summed E-state index contributed by atoms with van der Waals surface area (Å²) in [4.78, 5) is 11.7. The summed E-state index contributed by atoms with van der Waals surface area (Å²) in [6, 6.07) is 7.18. The average Bonchev–Trinajstić information content (AvgIpc) is 2.76. The Morgan fingerprint density at radius 3 is 2.25 bits per heavy atom. The summed E-state index contributed by atoms with van der Waals surface area (Å²) in [6.45, 7) is 3.93. The van der Waals surface area contributed by atoms with Gasteiger partial charge in [0.1, 0.15) is 17.1 Å². The maximum atomic E-state index is 11.7. The number of methoxy groups -OCH3 is 2. The summed E-state index contributed by atoms with van der Waals surface area (Å²) in [6.07, 6.45) is 0. The van der Waals surface area contributed by atoms with E-state index in [0.717, 1.165) is 17.1 Å². The third kappa shape index (κ3) is 2.22. The van der Waals surface area contributed by atoms with E-state index in [9.17, 15) is 9.90 Å². The van der Waals surface area contributed by atoms with Gasteiger partial charge in [-0.1, -0.05) is 0 Å². The maximum absolute atomic E-state index is 11.7. The quantitative estimate of drug-likeness (QED) is 0.875. The number of rotatable bonds is 3. The Hall–Kier alpha value is -2.43. The fourth-order valence-electron chi connectivity index (χ4n) is 2.26. The van der Waals surface area contributed by atoms with E-state index < -0.39 is 5.97 Å². The van der Waals surface area contributed by atoms with Crippen molar-refractivity contribution in [1.82, 2.24) is 4.57 Å². The van der Waals surface area contributed by atoms with Gasteiger partial charge in [0.2, 0.25) is 0 Å². The van der Waals surface area contributed by atoms with Crippen LogP contribution in [0, 0.1) is 13.8 Å². The van der Waals surface area contributed by atoms with Crippen LogP contribution in [0.3, 0.4) is 0 Å². The van der Waals surface area contributed by atoms with Gasteiger partial charge in [0.15, 0.2) is 0 Å². The van der Waals surface area contributed by atoms with Gasteiger partial charge in [0.25, 0.3) is 0 Å². The summed E-state index contributed by atoms with van der Waals surface area (Å²) < 4.78 is 11.8. The number of hydrogen-bond acceptors (Lipinski definition) is 4. The number of ether oxygens (including phenoxy) is 2. The maximum Gasteiger partial charge on any atom is 0.345 e. The molecule has 2 aromatic rings. The molecule has 0 saturated heterocycles. The van der Waals surface area contributed by atoms with Gasteiger partial charge in [-0.15, -0.1) is 0 Å². The Bertz CT molecular complexity index is 639. The average molecular weight is 275 g/mol. The molecule has 0 unspecified atom stereocenters. The van der Waals surface area contributed by atoms with Crippen molar-refractivity contribution in [3.8, 4) is 17.2 Å². The molecule has 1 aromatic carbocycles. The lowest BCUT2D eigenvalue weighted by Crippen LogP contribution is -2.07. The van der Waals surface area contributed by atoms with Crippen molar-refractivity contribution in [3.05, 3.63) is 41.2 Å². The molecule has 0 spiro atoms. The second-order valence-electron chi connectivity index (χ2n) is 4.49. The Kier molecular flexibility index (Phi) is 3.70. The molecule has 2 rings (SSSR count). The highest BCUT2D eigenvalue weighted by molar-refractivity contribution is 5.96. The topological polar surface area (TPSA) is 60.7 Å². The number of benzene rings is 1. The van der Waals surface area contributed by atoms with Crippen molar-refractivity contribution >= 4 is 5.97 Å². The van der Waals surface area contributed by atoms with Crippen molar-refractivity contribution in [2.75, 3.05) is 14.2 Å². The first-order valence-corrected chi connectivity index (χ1v) is 6.14. The highest BCUT2D eigenvalue weighted by Gasteiger charge is 2.20. The van der Waals surface area contributed by atoms with Gasteiger partial charge < -0.3 is 19.1 Å². The molecule has 0 fully saturated rings. The SMILES string of the molecule is COC(=O)c1c(O)cc(-n2c(C)ccc2C)cc1OC. The molecule has 5 heteroatoms. The number of esters is 1. The molecule has 0 amide bonds. The summed E-state index contributed by atoms with van der Waals surface area (Å²) >= 11 is 0. The second-order valence-corrected chi connectivity index (χ2v) is 4.49. The number of carbonyl (C=O) groups is 1. The van der Waals surface area contributed by atoms with Crippen LogP contribution in [0.5, 0.6) is 11.5 Å². The molecule has 0 saturated carbocycles. The first-order valence-electron chi connectivity index (χ1n) is 6.14. The number of carbonyl (C=O) groups excluding carboxylic acids is 1.